The number of carbonyl (C=O) groups excluding carboxylic acids is 1. The van der Waals surface area contributed by atoms with E-state index in [4.69, 9.17) is 9.15 Å². The van der Waals surface area contributed by atoms with Crippen LogP contribution in [0, 0.1) is 5.82 Å². The van der Waals surface area contributed by atoms with Gasteiger partial charge < -0.3 is 9.15 Å². The van der Waals surface area contributed by atoms with E-state index in [0.29, 0.717) is 16.9 Å². The van der Waals surface area contributed by atoms with Crippen molar-refractivity contribution in [2.75, 3.05) is 0 Å². The van der Waals surface area contributed by atoms with Crippen LogP contribution in [0.5, 0.6) is 0 Å². The summed E-state index contributed by atoms with van der Waals surface area (Å²) in [5.41, 5.74) is 1.17. The quantitative estimate of drug-likeness (QED) is 0.448. The number of hydrogen-bond acceptors (Lipinski definition) is 5. The average molecular weight is 415 g/mol. The average Bonchev–Trinajstić information content (AvgIpc) is 3.23. The summed E-state index contributed by atoms with van der Waals surface area (Å²) in [6.07, 6.45) is 4.19. The highest BCUT2D eigenvalue weighted by atomic mass is 32.2. The number of ether oxygens (including phenoxy) is 1. The smallest absolute Gasteiger partial charge is 0.331 e. The molecule has 1 aromatic heterocycles. The molecule has 0 radical (unpaired) electrons. The Kier molecular flexibility index (Phi) is 6.58. The Morgan fingerprint density at radius 2 is 1.90 bits per heavy atom. The Morgan fingerprint density at radius 1 is 1.10 bits per heavy atom. The van der Waals surface area contributed by atoms with Crippen LogP contribution in [0.1, 0.15) is 16.9 Å². The molecule has 1 N–H and O–H groups in total. The first-order valence-corrected chi connectivity index (χ1v) is 10.1. The van der Waals surface area contributed by atoms with Crippen LogP contribution in [0.4, 0.5) is 4.39 Å². The Balaban J connectivity index is 1.54. The molecule has 3 rings (SSSR count). The first kappa shape index (κ1) is 20.5. The molecule has 0 aliphatic rings. The summed E-state index contributed by atoms with van der Waals surface area (Å²) in [5, 5.41) is 0. The highest BCUT2D eigenvalue weighted by Gasteiger charge is 2.14. The van der Waals surface area contributed by atoms with Crippen molar-refractivity contribution < 1.29 is 26.8 Å². The topological polar surface area (TPSA) is 85.6 Å². The van der Waals surface area contributed by atoms with Crippen molar-refractivity contribution in [2.24, 2.45) is 0 Å². The van der Waals surface area contributed by atoms with Gasteiger partial charge in [-0.1, -0.05) is 24.3 Å². The highest BCUT2D eigenvalue weighted by Crippen LogP contribution is 2.13. The van der Waals surface area contributed by atoms with Gasteiger partial charge in [0, 0.05) is 6.08 Å². The number of carbonyl (C=O) groups is 1. The normalized spacial score (nSPS) is 11.6. The van der Waals surface area contributed by atoms with Gasteiger partial charge in [0.25, 0.3) is 0 Å². The largest absolute Gasteiger partial charge is 0.468 e. The van der Waals surface area contributed by atoms with Crippen LogP contribution < -0.4 is 4.72 Å². The number of benzene rings is 2. The minimum absolute atomic E-state index is 0.0422. The molecule has 2 aromatic carbocycles. The molecule has 0 fully saturated rings. The van der Waals surface area contributed by atoms with E-state index >= 15 is 0 Å². The molecule has 0 amide bonds. The summed E-state index contributed by atoms with van der Waals surface area (Å²) < 4.78 is 50.2. The van der Waals surface area contributed by atoms with Crippen molar-refractivity contribution in [3.63, 3.8) is 0 Å². The van der Waals surface area contributed by atoms with Gasteiger partial charge >= 0.3 is 5.97 Å². The standard InChI is InChI=1S/C21H18FNO5S/c22-18-4-1-3-17(13-18)15-28-21(24)11-8-16-6-9-20(10-7-16)29(25,26)23-14-19-5-2-12-27-19/h1-13,23H,14-15H2/b11-8+. The lowest BCUT2D eigenvalue weighted by Crippen LogP contribution is -2.22. The molecule has 0 unspecified atom stereocenters. The van der Waals surface area contributed by atoms with Gasteiger partial charge in [-0.3, -0.25) is 0 Å². The molecule has 0 bridgehead atoms. The maximum Gasteiger partial charge on any atom is 0.331 e. The summed E-state index contributed by atoms with van der Waals surface area (Å²) in [5.74, 6) is -0.487. The molecule has 6 nitrogen and oxygen atoms in total. The molecule has 0 spiro atoms. The second-order valence-electron chi connectivity index (χ2n) is 6.04. The summed E-state index contributed by atoms with van der Waals surface area (Å²) in [6.45, 7) is 0.00753. The first-order valence-electron chi connectivity index (χ1n) is 8.64. The predicted molar refractivity (Wildman–Crippen MR) is 104 cm³/mol. The van der Waals surface area contributed by atoms with E-state index in [0.717, 1.165) is 0 Å². The highest BCUT2D eigenvalue weighted by molar-refractivity contribution is 7.89. The Bertz CT molecular complexity index is 1090. The molecular formula is C21H18FNO5S. The van der Waals surface area contributed by atoms with Crippen LogP contribution in [-0.2, 0) is 32.7 Å². The number of hydrogen-bond donors (Lipinski definition) is 1. The summed E-state index contributed by atoms with van der Waals surface area (Å²) in [6, 6.07) is 15.1. The molecule has 150 valence electrons. The van der Waals surface area contributed by atoms with E-state index in [-0.39, 0.29) is 18.0 Å². The predicted octanol–water partition coefficient (Wildman–Crippen LogP) is 3.65. The number of sulfonamides is 1. The second-order valence-corrected chi connectivity index (χ2v) is 7.81. The van der Waals surface area contributed by atoms with Crippen LogP contribution >= 0.6 is 0 Å². The summed E-state index contributed by atoms with van der Waals surface area (Å²) in [4.78, 5) is 11.9. The SMILES string of the molecule is O=C(/C=C/c1ccc(S(=O)(=O)NCc2ccco2)cc1)OCc1cccc(F)c1. The summed E-state index contributed by atoms with van der Waals surface area (Å²) >= 11 is 0. The Morgan fingerprint density at radius 3 is 2.59 bits per heavy atom. The Labute approximate surface area is 167 Å². The molecule has 1 heterocycles. The molecular weight excluding hydrogens is 397 g/mol. The number of esters is 1. The van der Waals surface area contributed by atoms with Gasteiger partial charge in [0.2, 0.25) is 10.0 Å². The lowest BCUT2D eigenvalue weighted by atomic mass is 10.2. The molecule has 3 aromatic rings. The van der Waals surface area contributed by atoms with Crippen molar-refractivity contribution >= 4 is 22.1 Å². The molecule has 0 saturated carbocycles. The molecule has 8 heteroatoms. The van der Waals surface area contributed by atoms with Gasteiger partial charge in [0.05, 0.1) is 17.7 Å². The van der Waals surface area contributed by atoms with Gasteiger partial charge in [-0.25, -0.2) is 22.3 Å². The number of halogens is 1. The minimum atomic E-state index is -3.68. The summed E-state index contributed by atoms with van der Waals surface area (Å²) in [7, 11) is -3.68. The van der Waals surface area contributed by atoms with E-state index < -0.39 is 21.8 Å². The fraction of sp³-hybridized carbons (Fsp3) is 0.0952. The number of nitrogens with one attached hydrogen (secondary N) is 1. The van der Waals surface area contributed by atoms with E-state index in [2.05, 4.69) is 4.72 Å². The fourth-order valence-corrected chi connectivity index (χ4v) is 3.41. The zero-order valence-corrected chi connectivity index (χ0v) is 16.1. The van der Waals surface area contributed by atoms with Crippen molar-refractivity contribution in [1.29, 1.82) is 0 Å². The Hall–Kier alpha value is -3.23. The van der Waals surface area contributed by atoms with Crippen LogP contribution in [0.3, 0.4) is 0 Å². The fourth-order valence-electron chi connectivity index (χ4n) is 2.41. The molecule has 0 aliphatic heterocycles. The molecule has 29 heavy (non-hydrogen) atoms. The lowest BCUT2D eigenvalue weighted by Gasteiger charge is -2.06. The number of furan rings is 1. The van der Waals surface area contributed by atoms with Crippen molar-refractivity contribution in [1.82, 2.24) is 4.72 Å². The van der Waals surface area contributed by atoms with Gasteiger partial charge in [-0.15, -0.1) is 0 Å². The second kappa shape index (κ2) is 9.31. The van der Waals surface area contributed by atoms with Crippen LogP contribution in [0.25, 0.3) is 6.08 Å². The van der Waals surface area contributed by atoms with E-state index in [1.165, 1.54) is 48.7 Å². The van der Waals surface area contributed by atoms with Gasteiger partial charge in [0.15, 0.2) is 0 Å². The van der Waals surface area contributed by atoms with E-state index in [9.17, 15) is 17.6 Å². The monoisotopic (exact) mass is 415 g/mol. The van der Waals surface area contributed by atoms with E-state index in [1.807, 2.05) is 0 Å². The van der Waals surface area contributed by atoms with Gasteiger partial charge in [0.1, 0.15) is 18.2 Å². The lowest BCUT2D eigenvalue weighted by molar-refractivity contribution is -0.138. The molecule has 0 aliphatic carbocycles. The zero-order valence-electron chi connectivity index (χ0n) is 15.2. The third kappa shape index (κ3) is 6.13. The van der Waals surface area contributed by atoms with Gasteiger partial charge in [-0.05, 0) is 53.6 Å². The third-order valence-corrected chi connectivity index (χ3v) is 5.31. The van der Waals surface area contributed by atoms with Crippen LogP contribution in [0.15, 0.2) is 82.3 Å². The maximum absolute atomic E-state index is 13.1. The van der Waals surface area contributed by atoms with Crippen LogP contribution in [0.2, 0.25) is 0 Å². The van der Waals surface area contributed by atoms with Crippen molar-refractivity contribution in [2.45, 2.75) is 18.0 Å². The minimum Gasteiger partial charge on any atom is -0.468 e. The van der Waals surface area contributed by atoms with Crippen molar-refractivity contribution in [3.8, 4) is 0 Å². The molecule has 0 saturated heterocycles. The number of rotatable bonds is 8. The maximum atomic E-state index is 13.1. The van der Waals surface area contributed by atoms with E-state index in [1.54, 1.807) is 30.3 Å². The van der Waals surface area contributed by atoms with Gasteiger partial charge in [-0.2, -0.15) is 0 Å². The zero-order chi connectivity index (χ0) is 20.7. The van der Waals surface area contributed by atoms with Crippen molar-refractivity contribution in [3.05, 3.63) is 95.7 Å². The molecule has 0 atom stereocenters. The first-order chi connectivity index (χ1) is 13.9. The third-order valence-electron chi connectivity index (χ3n) is 3.89. The van der Waals surface area contributed by atoms with Crippen LogP contribution in [-0.4, -0.2) is 14.4 Å².